The van der Waals surface area contributed by atoms with E-state index in [9.17, 15) is 4.79 Å². The average molecular weight is 171 g/mol. The number of rotatable bonds is 3. The van der Waals surface area contributed by atoms with E-state index in [1.54, 1.807) is 0 Å². The van der Waals surface area contributed by atoms with E-state index >= 15 is 0 Å². The van der Waals surface area contributed by atoms with Crippen LogP contribution in [0.2, 0.25) is 0 Å². The summed E-state index contributed by atoms with van der Waals surface area (Å²) in [5, 5.41) is 5.61. The fourth-order valence-corrected chi connectivity index (χ4v) is 1.25. The molecule has 70 valence electrons. The highest BCUT2D eigenvalue weighted by Gasteiger charge is 2.26. The molecule has 0 aromatic heterocycles. The second-order valence-corrected chi connectivity index (χ2v) is 3.33. The molecule has 0 aliphatic heterocycles. The molecule has 0 saturated heterocycles. The molecule has 4 nitrogen and oxygen atoms in total. The minimum Gasteiger partial charge on any atom is -0.338 e. The third kappa shape index (κ3) is 2.70. The van der Waals surface area contributed by atoms with Crippen molar-refractivity contribution in [1.29, 1.82) is 0 Å². The molecule has 12 heavy (non-hydrogen) atoms. The Balaban J connectivity index is 2.03. The fraction of sp³-hybridized carbons (Fsp3) is 0.875. The van der Waals surface area contributed by atoms with Gasteiger partial charge < -0.3 is 16.4 Å². The number of hydrogen-bond acceptors (Lipinski definition) is 2. The van der Waals surface area contributed by atoms with Crippen molar-refractivity contribution in [3.63, 3.8) is 0 Å². The normalized spacial score (nSPS) is 27.5. The molecule has 0 bridgehead atoms. The number of hydrogen-bond donors (Lipinski definition) is 3. The lowest BCUT2D eigenvalue weighted by Gasteiger charge is -2.32. The van der Waals surface area contributed by atoms with Crippen molar-refractivity contribution in [3.05, 3.63) is 0 Å². The second kappa shape index (κ2) is 4.30. The maximum Gasteiger partial charge on any atom is 0.315 e. The van der Waals surface area contributed by atoms with Gasteiger partial charge >= 0.3 is 6.03 Å². The minimum absolute atomic E-state index is 0.0613. The highest BCUT2D eigenvalue weighted by atomic mass is 16.2. The molecule has 0 spiro atoms. The first-order chi connectivity index (χ1) is 5.72. The Morgan fingerprint density at radius 2 is 2.25 bits per heavy atom. The summed E-state index contributed by atoms with van der Waals surface area (Å²) in [5.74, 6) is 0. The lowest BCUT2D eigenvalue weighted by atomic mass is 9.88. The highest BCUT2D eigenvalue weighted by Crippen LogP contribution is 2.16. The Labute approximate surface area is 72.9 Å². The predicted molar refractivity (Wildman–Crippen MR) is 47.8 cm³/mol. The van der Waals surface area contributed by atoms with Crippen LogP contribution in [-0.2, 0) is 0 Å². The highest BCUT2D eigenvalue weighted by molar-refractivity contribution is 5.74. The summed E-state index contributed by atoms with van der Waals surface area (Å²) >= 11 is 0. The summed E-state index contributed by atoms with van der Waals surface area (Å²) in [6.07, 6.45) is 2.80. The van der Waals surface area contributed by atoms with E-state index in [4.69, 9.17) is 5.73 Å². The van der Waals surface area contributed by atoms with Crippen LogP contribution in [0.15, 0.2) is 0 Å². The number of amides is 2. The summed E-state index contributed by atoms with van der Waals surface area (Å²) in [7, 11) is 0. The van der Waals surface area contributed by atoms with Crippen LogP contribution in [0.25, 0.3) is 0 Å². The molecule has 4 heteroatoms. The van der Waals surface area contributed by atoms with Gasteiger partial charge in [0.15, 0.2) is 0 Å². The van der Waals surface area contributed by atoms with E-state index in [0.717, 1.165) is 25.8 Å². The van der Waals surface area contributed by atoms with E-state index in [1.165, 1.54) is 0 Å². The van der Waals surface area contributed by atoms with Crippen molar-refractivity contribution in [1.82, 2.24) is 10.6 Å². The van der Waals surface area contributed by atoms with Gasteiger partial charge in [0.1, 0.15) is 0 Å². The Kier molecular flexibility index (Phi) is 3.34. The third-order valence-electron chi connectivity index (χ3n) is 2.05. The first-order valence-electron chi connectivity index (χ1n) is 4.52. The largest absolute Gasteiger partial charge is 0.338 e. The Morgan fingerprint density at radius 3 is 2.75 bits per heavy atom. The Morgan fingerprint density at radius 1 is 1.58 bits per heavy atom. The van der Waals surface area contributed by atoms with Gasteiger partial charge in [-0.2, -0.15) is 0 Å². The van der Waals surface area contributed by atoms with Gasteiger partial charge in [-0.25, -0.2) is 4.79 Å². The van der Waals surface area contributed by atoms with Gasteiger partial charge in [-0.1, -0.05) is 6.92 Å². The van der Waals surface area contributed by atoms with Crippen molar-refractivity contribution < 1.29 is 4.79 Å². The molecule has 0 heterocycles. The maximum atomic E-state index is 11.0. The van der Waals surface area contributed by atoms with Gasteiger partial charge in [0.2, 0.25) is 0 Å². The minimum atomic E-state index is -0.0613. The molecule has 0 radical (unpaired) electrons. The van der Waals surface area contributed by atoms with Crippen molar-refractivity contribution in [2.24, 2.45) is 5.73 Å². The fourth-order valence-electron chi connectivity index (χ4n) is 1.25. The molecular weight excluding hydrogens is 154 g/mol. The topological polar surface area (TPSA) is 67.2 Å². The van der Waals surface area contributed by atoms with E-state index in [1.807, 2.05) is 6.92 Å². The van der Waals surface area contributed by atoms with Crippen LogP contribution >= 0.6 is 0 Å². The lowest BCUT2D eigenvalue weighted by molar-refractivity contribution is 0.223. The SMILES string of the molecule is CCCNC(=O)NC1CC(N)C1. The molecule has 0 aromatic carbocycles. The van der Waals surface area contributed by atoms with Crippen LogP contribution in [0, 0.1) is 0 Å². The molecule has 0 atom stereocenters. The summed E-state index contributed by atoms with van der Waals surface area (Å²) in [4.78, 5) is 11.0. The molecule has 1 aliphatic rings. The van der Waals surface area contributed by atoms with Crippen molar-refractivity contribution in [2.75, 3.05) is 6.54 Å². The van der Waals surface area contributed by atoms with Gasteiger partial charge in [0.05, 0.1) is 0 Å². The van der Waals surface area contributed by atoms with E-state index in [0.29, 0.717) is 12.1 Å². The standard InChI is InChI=1S/C8H17N3O/c1-2-3-10-8(12)11-7-4-6(9)5-7/h6-7H,2-5,9H2,1H3,(H2,10,11,12). The summed E-state index contributed by atoms with van der Waals surface area (Å²) in [5.41, 5.74) is 5.57. The lowest BCUT2D eigenvalue weighted by Crippen LogP contribution is -2.52. The maximum absolute atomic E-state index is 11.0. The molecule has 1 rings (SSSR count). The molecule has 0 aromatic rings. The van der Waals surface area contributed by atoms with E-state index < -0.39 is 0 Å². The van der Waals surface area contributed by atoms with Crippen molar-refractivity contribution in [3.8, 4) is 0 Å². The van der Waals surface area contributed by atoms with E-state index in [2.05, 4.69) is 10.6 Å². The molecular formula is C8H17N3O. The monoisotopic (exact) mass is 171 g/mol. The van der Waals surface area contributed by atoms with Crippen LogP contribution in [0.4, 0.5) is 4.79 Å². The van der Waals surface area contributed by atoms with Gasteiger partial charge in [0.25, 0.3) is 0 Å². The summed E-state index contributed by atoms with van der Waals surface area (Å²) in [6.45, 7) is 2.77. The van der Waals surface area contributed by atoms with Crippen molar-refractivity contribution in [2.45, 2.75) is 38.3 Å². The Bertz CT molecular complexity index is 154. The van der Waals surface area contributed by atoms with Crippen LogP contribution in [0.1, 0.15) is 26.2 Å². The molecule has 4 N–H and O–H groups in total. The van der Waals surface area contributed by atoms with Crippen LogP contribution in [0.3, 0.4) is 0 Å². The van der Waals surface area contributed by atoms with Gasteiger partial charge in [-0.3, -0.25) is 0 Å². The van der Waals surface area contributed by atoms with Gasteiger partial charge in [-0.15, -0.1) is 0 Å². The van der Waals surface area contributed by atoms with Crippen LogP contribution in [0.5, 0.6) is 0 Å². The smallest absolute Gasteiger partial charge is 0.315 e. The first-order valence-corrected chi connectivity index (χ1v) is 4.52. The van der Waals surface area contributed by atoms with Crippen LogP contribution < -0.4 is 16.4 Å². The molecule has 1 aliphatic carbocycles. The molecule has 1 fully saturated rings. The first kappa shape index (κ1) is 9.32. The number of urea groups is 1. The Hall–Kier alpha value is -0.770. The number of carbonyl (C=O) groups excluding carboxylic acids is 1. The average Bonchev–Trinajstić information content (AvgIpc) is 1.98. The number of nitrogens with two attached hydrogens (primary N) is 1. The summed E-state index contributed by atoms with van der Waals surface area (Å²) < 4.78 is 0. The second-order valence-electron chi connectivity index (χ2n) is 3.33. The summed E-state index contributed by atoms with van der Waals surface area (Å²) in [6, 6.07) is 0.534. The van der Waals surface area contributed by atoms with E-state index in [-0.39, 0.29) is 6.03 Å². The predicted octanol–water partition coefficient (Wildman–Crippen LogP) is 0.185. The van der Waals surface area contributed by atoms with Crippen LogP contribution in [-0.4, -0.2) is 24.7 Å². The van der Waals surface area contributed by atoms with Gasteiger partial charge in [-0.05, 0) is 19.3 Å². The molecule has 2 amide bonds. The third-order valence-corrected chi connectivity index (χ3v) is 2.05. The molecule has 0 unspecified atom stereocenters. The number of carbonyl (C=O) groups is 1. The zero-order valence-corrected chi connectivity index (χ0v) is 7.47. The van der Waals surface area contributed by atoms with Gasteiger partial charge in [0, 0.05) is 18.6 Å². The quantitative estimate of drug-likeness (QED) is 0.567. The zero-order chi connectivity index (χ0) is 8.97. The van der Waals surface area contributed by atoms with Crippen molar-refractivity contribution >= 4 is 6.03 Å². The molecule has 1 saturated carbocycles. The number of nitrogens with one attached hydrogen (secondary N) is 2. The zero-order valence-electron chi connectivity index (χ0n) is 7.47.